The third-order valence-electron chi connectivity index (χ3n) is 6.00. The van der Waals surface area contributed by atoms with E-state index in [1.54, 1.807) is 22.1 Å². The van der Waals surface area contributed by atoms with Gasteiger partial charge in [0.05, 0.1) is 18.2 Å². The molecule has 0 aliphatic carbocycles. The number of fused-ring (bicyclic) bond motifs is 1. The minimum absolute atomic E-state index is 0.00591. The number of carbonyl (C=O) groups is 2. The van der Waals surface area contributed by atoms with Crippen molar-refractivity contribution >= 4 is 22.7 Å². The Balaban J connectivity index is 1.55. The summed E-state index contributed by atoms with van der Waals surface area (Å²) >= 11 is 0. The van der Waals surface area contributed by atoms with Crippen molar-refractivity contribution in [3.05, 3.63) is 65.1 Å². The van der Waals surface area contributed by atoms with E-state index in [9.17, 15) is 14.0 Å². The highest BCUT2D eigenvalue weighted by molar-refractivity contribution is 6.07. The van der Waals surface area contributed by atoms with E-state index in [1.807, 2.05) is 39.0 Å². The van der Waals surface area contributed by atoms with Crippen LogP contribution in [0, 0.1) is 12.7 Å². The van der Waals surface area contributed by atoms with Crippen molar-refractivity contribution in [2.45, 2.75) is 32.9 Å². The van der Waals surface area contributed by atoms with Crippen molar-refractivity contribution in [3.8, 4) is 5.75 Å². The number of hydrogen-bond acceptors (Lipinski definition) is 3. The Morgan fingerprint density at radius 2 is 1.77 bits per heavy atom. The molecule has 2 aromatic carbocycles. The Morgan fingerprint density at radius 3 is 2.42 bits per heavy atom. The molecule has 2 amide bonds. The fourth-order valence-electron chi connectivity index (χ4n) is 4.48. The van der Waals surface area contributed by atoms with E-state index in [0.717, 1.165) is 16.5 Å². The number of amides is 2. The molecule has 1 aliphatic heterocycles. The first kappa shape index (κ1) is 20.9. The van der Waals surface area contributed by atoms with Gasteiger partial charge in [0.2, 0.25) is 0 Å². The molecule has 7 heteroatoms. The zero-order valence-corrected chi connectivity index (χ0v) is 18.1. The Bertz CT molecular complexity index is 1140. The van der Waals surface area contributed by atoms with E-state index in [2.05, 4.69) is 4.98 Å². The van der Waals surface area contributed by atoms with Gasteiger partial charge < -0.3 is 19.5 Å². The van der Waals surface area contributed by atoms with Gasteiger partial charge in [-0.15, -0.1) is 0 Å². The summed E-state index contributed by atoms with van der Waals surface area (Å²) in [5, 5.41) is 0.893. The molecule has 1 fully saturated rings. The van der Waals surface area contributed by atoms with Gasteiger partial charge in [-0.3, -0.25) is 9.59 Å². The van der Waals surface area contributed by atoms with Crippen LogP contribution in [0.5, 0.6) is 5.75 Å². The fraction of sp³-hybridized carbons (Fsp3) is 0.333. The lowest BCUT2D eigenvalue weighted by atomic mass is 10.0. The minimum atomic E-state index is -0.614. The summed E-state index contributed by atoms with van der Waals surface area (Å²) < 4.78 is 19.5. The maximum atomic E-state index is 14.5. The van der Waals surface area contributed by atoms with Crippen molar-refractivity contribution in [2.24, 2.45) is 0 Å². The number of aryl methyl sites for hydroxylation is 1. The number of ether oxygens (including phenoxy) is 1. The molecule has 162 valence electrons. The zero-order chi connectivity index (χ0) is 22.3. The second-order valence-electron chi connectivity index (χ2n) is 8.17. The quantitative estimate of drug-likeness (QED) is 0.693. The van der Waals surface area contributed by atoms with E-state index in [-0.39, 0.29) is 29.5 Å². The number of aromatic amines is 1. The third-order valence-corrected chi connectivity index (χ3v) is 6.00. The number of nitrogens with one attached hydrogen (secondary N) is 1. The number of methoxy groups -OCH3 is 1. The Morgan fingerprint density at radius 1 is 1.06 bits per heavy atom. The largest absolute Gasteiger partial charge is 0.497 e. The van der Waals surface area contributed by atoms with Crippen LogP contribution in [0.15, 0.2) is 42.6 Å². The molecular formula is C24H26FN3O3. The molecule has 1 aliphatic rings. The molecule has 6 nitrogen and oxygen atoms in total. The van der Waals surface area contributed by atoms with E-state index < -0.39 is 5.82 Å². The number of H-pyrrole nitrogens is 1. The Labute approximate surface area is 180 Å². The van der Waals surface area contributed by atoms with Crippen molar-refractivity contribution < 1.29 is 18.7 Å². The van der Waals surface area contributed by atoms with Crippen LogP contribution in [0.1, 0.15) is 40.1 Å². The van der Waals surface area contributed by atoms with Crippen molar-refractivity contribution in [3.63, 3.8) is 0 Å². The molecule has 0 bridgehead atoms. The summed E-state index contributed by atoms with van der Waals surface area (Å²) in [4.78, 5) is 33.0. The average molecular weight is 423 g/mol. The number of rotatable bonds is 3. The highest BCUT2D eigenvalue weighted by Crippen LogP contribution is 2.26. The lowest BCUT2D eigenvalue weighted by Crippen LogP contribution is -2.59. The van der Waals surface area contributed by atoms with Crippen LogP contribution < -0.4 is 4.74 Å². The van der Waals surface area contributed by atoms with Gasteiger partial charge >= 0.3 is 0 Å². The predicted molar refractivity (Wildman–Crippen MR) is 117 cm³/mol. The first-order valence-corrected chi connectivity index (χ1v) is 10.3. The lowest BCUT2D eigenvalue weighted by Gasteiger charge is -2.44. The molecule has 0 saturated carbocycles. The van der Waals surface area contributed by atoms with Crippen LogP contribution >= 0.6 is 0 Å². The van der Waals surface area contributed by atoms with Gasteiger partial charge in [0.15, 0.2) is 0 Å². The lowest BCUT2D eigenvalue weighted by molar-refractivity contribution is 0.0252. The summed E-state index contributed by atoms with van der Waals surface area (Å²) in [6.07, 6.45) is 1.75. The van der Waals surface area contributed by atoms with Crippen LogP contribution in [-0.2, 0) is 0 Å². The van der Waals surface area contributed by atoms with Gasteiger partial charge in [-0.1, -0.05) is 18.2 Å². The normalized spacial score (nSPS) is 19.0. The van der Waals surface area contributed by atoms with E-state index in [0.29, 0.717) is 24.4 Å². The molecule has 0 unspecified atom stereocenters. The molecule has 1 N–H and O–H groups in total. The van der Waals surface area contributed by atoms with Crippen LogP contribution in [-0.4, -0.2) is 58.9 Å². The minimum Gasteiger partial charge on any atom is -0.497 e. The first-order valence-electron chi connectivity index (χ1n) is 10.3. The van der Waals surface area contributed by atoms with Crippen LogP contribution in [0.4, 0.5) is 4.39 Å². The molecule has 1 saturated heterocycles. The second-order valence-corrected chi connectivity index (χ2v) is 8.17. The topological polar surface area (TPSA) is 65.6 Å². The zero-order valence-electron chi connectivity index (χ0n) is 18.1. The number of benzene rings is 2. The molecular weight excluding hydrogens is 397 g/mol. The van der Waals surface area contributed by atoms with Gasteiger partial charge in [-0.2, -0.15) is 0 Å². The standard InChI is InChI=1S/C24H26FN3O3/c1-14-6-5-7-18-20(11-26-22(14)18)23(29)27-12-15(2)28(16(3)13-27)24(30)19-9-8-17(31-4)10-21(19)25/h5-11,15-16,26H,12-13H2,1-4H3/t15-,16-/m1/s1. The average Bonchev–Trinajstić information content (AvgIpc) is 3.17. The van der Waals surface area contributed by atoms with Crippen LogP contribution in [0.25, 0.3) is 10.9 Å². The highest BCUT2D eigenvalue weighted by atomic mass is 19.1. The first-order chi connectivity index (χ1) is 14.8. The maximum absolute atomic E-state index is 14.5. The molecule has 0 spiro atoms. The molecule has 2 atom stereocenters. The van der Waals surface area contributed by atoms with Crippen molar-refractivity contribution in [1.82, 2.24) is 14.8 Å². The summed E-state index contributed by atoms with van der Waals surface area (Å²) in [5.41, 5.74) is 2.66. The third kappa shape index (κ3) is 3.65. The van der Waals surface area contributed by atoms with Gasteiger partial charge in [-0.05, 0) is 38.5 Å². The SMILES string of the molecule is COc1ccc(C(=O)N2[C@H](C)CN(C(=O)c3c[nH]c4c(C)cccc34)C[C@H]2C)c(F)c1. The van der Waals surface area contributed by atoms with E-state index in [1.165, 1.54) is 19.2 Å². The number of para-hydroxylation sites is 1. The van der Waals surface area contributed by atoms with Crippen LogP contribution in [0.3, 0.4) is 0 Å². The predicted octanol–water partition coefficient (Wildman–Crippen LogP) is 4.00. The smallest absolute Gasteiger partial charge is 0.257 e. The van der Waals surface area contributed by atoms with Gasteiger partial charge in [0.25, 0.3) is 11.8 Å². The van der Waals surface area contributed by atoms with Gasteiger partial charge in [0, 0.05) is 48.3 Å². The number of carbonyl (C=O) groups excluding carboxylic acids is 2. The summed E-state index contributed by atoms with van der Waals surface area (Å²) in [7, 11) is 1.45. The van der Waals surface area contributed by atoms with Crippen molar-refractivity contribution in [1.29, 1.82) is 0 Å². The molecule has 2 heterocycles. The summed E-state index contributed by atoms with van der Waals surface area (Å²) in [6, 6.07) is 9.59. The molecule has 3 aromatic rings. The van der Waals surface area contributed by atoms with Gasteiger partial charge in [0.1, 0.15) is 11.6 Å². The van der Waals surface area contributed by atoms with E-state index >= 15 is 0 Å². The Kier molecular flexibility index (Phi) is 5.43. The number of piperazine rings is 1. The Hall–Kier alpha value is -3.35. The second kappa shape index (κ2) is 8.06. The fourth-order valence-corrected chi connectivity index (χ4v) is 4.48. The number of halogens is 1. The monoisotopic (exact) mass is 423 g/mol. The number of nitrogens with zero attached hydrogens (tertiary/aromatic N) is 2. The molecule has 1 aromatic heterocycles. The van der Waals surface area contributed by atoms with Crippen molar-refractivity contribution in [2.75, 3.05) is 20.2 Å². The number of hydrogen-bond donors (Lipinski definition) is 1. The summed E-state index contributed by atoms with van der Waals surface area (Å²) in [6.45, 7) is 6.53. The highest BCUT2D eigenvalue weighted by Gasteiger charge is 2.36. The summed E-state index contributed by atoms with van der Waals surface area (Å²) in [5.74, 6) is -0.704. The number of aromatic nitrogens is 1. The molecule has 4 rings (SSSR count). The van der Waals surface area contributed by atoms with Gasteiger partial charge in [-0.25, -0.2) is 4.39 Å². The van der Waals surface area contributed by atoms with E-state index in [4.69, 9.17) is 4.74 Å². The molecule has 31 heavy (non-hydrogen) atoms. The maximum Gasteiger partial charge on any atom is 0.257 e. The van der Waals surface area contributed by atoms with Crippen LogP contribution in [0.2, 0.25) is 0 Å². The molecule has 0 radical (unpaired) electrons.